The normalized spacial score (nSPS) is 21.8. The van der Waals surface area contributed by atoms with Gasteiger partial charge in [-0.3, -0.25) is 10.8 Å². The summed E-state index contributed by atoms with van der Waals surface area (Å²) in [6.07, 6.45) is 4.81. The molecule has 0 bridgehead atoms. The lowest BCUT2D eigenvalue weighted by molar-refractivity contribution is 0.281. The summed E-state index contributed by atoms with van der Waals surface area (Å²) in [4.78, 5) is 4.01. The van der Waals surface area contributed by atoms with Crippen molar-refractivity contribution in [2.45, 2.75) is 24.7 Å². The molecule has 2 heterocycles. The van der Waals surface area contributed by atoms with E-state index in [1.807, 2.05) is 0 Å². The summed E-state index contributed by atoms with van der Waals surface area (Å²) >= 11 is 0. The number of aromatic nitrogens is 1. The summed E-state index contributed by atoms with van der Waals surface area (Å²) < 4.78 is 26.5. The largest absolute Gasteiger partial charge is 0.323 e. The Kier molecular flexibility index (Phi) is 3.84. The third kappa shape index (κ3) is 2.47. The molecule has 0 amide bonds. The molecule has 0 spiro atoms. The van der Waals surface area contributed by atoms with Gasteiger partial charge in [0.05, 0.1) is 5.69 Å². The van der Waals surface area contributed by atoms with E-state index in [1.165, 1.54) is 16.7 Å². The number of nitrogens with one attached hydrogen (secondary N) is 1. The highest BCUT2D eigenvalue weighted by Crippen LogP contribution is 2.26. The molecule has 1 aromatic heterocycles. The third-order valence-corrected chi connectivity index (χ3v) is 5.07. The van der Waals surface area contributed by atoms with Crippen molar-refractivity contribution in [3.63, 3.8) is 0 Å². The number of hydrogen-bond acceptors (Lipinski definition) is 5. The molecule has 100 valence electrons. The van der Waals surface area contributed by atoms with Gasteiger partial charge in [0.1, 0.15) is 4.90 Å². The standard InChI is InChI=1S/C11H18N4O2S/c1-9-3-2-6-15(8-9)18(16,17)11-7-13-5-4-10(11)14-12/h4-5,7,9H,2-3,6,8,12H2,1H3,(H,13,14). The average molecular weight is 270 g/mol. The molecule has 1 atom stereocenters. The predicted molar refractivity (Wildman–Crippen MR) is 69.2 cm³/mol. The molecule has 1 unspecified atom stereocenters. The van der Waals surface area contributed by atoms with E-state index < -0.39 is 10.0 Å². The first-order chi connectivity index (χ1) is 8.55. The van der Waals surface area contributed by atoms with Crippen LogP contribution in [0.3, 0.4) is 0 Å². The molecule has 1 aliphatic heterocycles. The van der Waals surface area contributed by atoms with Gasteiger partial charge >= 0.3 is 0 Å². The molecule has 0 aliphatic carbocycles. The second-order valence-corrected chi connectivity index (χ2v) is 6.53. The van der Waals surface area contributed by atoms with E-state index >= 15 is 0 Å². The van der Waals surface area contributed by atoms with Gasteiger partial charge < -0.3 is 5.43 Å². The molecule has 18 heavy (non-hydrogen) atoms. The first kappa shape index (κ1) is 13.3. The maximum absolute atomic E-state index is 12.5. The molecule has 0 aromatic carbocycles. The van der Waals surface area contributed by atoms with Gasteiger partial charge in [-0.25, -0.2) is 8.42 Å². The Hall–Kier alpha value is -1.18. The Balaban J connectivity index is 2.35. The fourth-order valence-electron chi connectivity index (χ4n) is 2.21. The molecule has 1 aliphatic rings. The van der Waals surface area contributed by atoms with Gasteiger partial charge in [0.15, 0.2) is 0 Å². The molecule has 1 aromatic rings. The lowest BCUT2D eigenvalue weighted by atomic mass is 10.0. The summed E-state index contributed by atoms with van der Waals surface area (Å²) in [5.41, 5.74) is 2.78. The van der Waals surface area contributed by atoms with Gasteiger partial charge in [-0.2, -0.15) is 4.31 Å². The fourth-order valence-corrected chi connectivity index (χ4v) is 3.91. The number of nitrogen functional groups attached to an aromatic ring is 1. The van der Waals surface area contributed by atoms with Crippen molar-refractivity contribution < 1.29 is 8.42 Å². The molecule has 1 saturated heterocycles. The van der Waals surface area contributed by atoms with Crippen LogP contribution in [0.1, 0.15) is 19.8 Å². The van der Waals surface area contributed by atoms with Crippen LogP contribution in [0.5, 0.6) is 0 Å². The smallest absolute Gasteiger partial charge is 0.246 e. The predicted octanol–water partition coefficient (Wildman–Crippen LogP) is 0.788. The summed E-state index contributed by atoms with van der Waals surface area (Å²) in [5.74, 6) is 5.73. The maximum atomic E-state index is 12.5. The summed E-state index contributed by atoms with van der Waals surface area (Å²) in [5, 5.41) is 0. The van der Waals surface area contributed by atoms with Crippen molar-refractivity contribution in [2.75, 3.05) is 18.5 Å². The number of pyridine rings is 1. The number of nitrogens with zero attached hydrogens (tertiary/aromatic N) is 2. The van der Waals surface area contributed by atoms with Gasteiger partial charge in [0.2, 0.25) is 10.0 Å². The van der Waals surface area contributed by atoms with Gasteiger partial charge in [0.25, 0.3) is 0 Å². The maximum Gasteiger partial charge on any atom is 0.246 e. The van der Waals surface area contributed by atoms with Gasteiger partial charge in [-0.05, 0) is 24.8 Å². The average Bonchev–Trinajstić information content (AvgIpc) is 2.38. The lowest BCUT2D eigenvalue weighted by Gasteiger charge is -2.30. The zero-order valence-electron chi connectivity index (χ0n) is 10.3. The van der Waals surface area contributed by atoms with E-state index in [4.69, 9.17) is 5.84 Å². The van der Waals surface area contributed by atoms with Crippen molar-refractivity contribution in [1.82, 2.24) is 9.29 Å². The van der Waals surface area contributed by atoms with Gasteiger partial charge in [-0.1, -0.05) is 6.92 Å². The Bertz CT molecular complexity index is 518. The van der Waals surface area contributed by atoms with Gasteiger partial charge in [0, 0.05) is 25.5 Å². The SMILES string of the molecule is CC1CCCN(S(=O)(=O)c2cnccc2NN)C1. The number of rotatable bonds is 3. The highest BCUT2D eigenvalue weighted by atomic mass is 32.2. The van der Waals surface area contributed by atoms with E-state index in [9.17, 15) is 8.42 Å². The van der Waals surface area contributed by atoms with E-state index in [-0.39, 0.29) is 4.90 Å². The molecule has 0 radical (unpaired) electrons. The molecule has 0 saturated carbocycles. The molecule has 2 rings (SSSR count). The molecule has 3 N–H and O–H groups in total. The zero-order chi connectivity index (χ0) is 13.2. The van der Waals surface area contributed by atoms with E-state index in [0.29, 0.717) is 24.7 Å². The number of sulfonamides is 1. The summed E-state index contributed by atoms with van der Waals surface area (Å²) in [7, 11) is -3.51. The highest BCUT2D eigenvalue weighted by molar-refractivity contribution is 7.89. The van der Waals surface area contributed by atoms with Crippen molar-refractivity contribution in [3.8, 4) is 0 Å². The quantitative estimate of drug-likeness (QED) is 0.626. The second kappa shape index (κ2) is 5.21. The zero-order valence-corrected chi connectivity index (χ0v) is 11.2. The Morgan fingerprint density at radius 1 is 1.56 bits per heavy atom. The van der Waals surface area contributed by atoms with Crippen LogP contribution < -0.4 is 11.3 Å². The second-order valence-electron chi connectivity index (χ2n) is 4.63. The minimum atomic E-state index is -3.51. The minimum Gasteiger partial charge on any atom is -0.323 e. The molecular formula is C11H18N4O2S. The first-order valence-electron chi connectivity index (χ1n) is 5.96. The summed E-state index contributed by atoms with van der Waals surface area (Å²) in [6, 6.07) is 1.56. The van der Waals surface area contributed by atoms with Crippen LogP contribution in [0.15, 0.2) is 23.4 Å². The van der Waals surface area contributed by atoms with Crippen molar-refractivity contribution in [1.29, 1.82) is 0 Å². The van der Waals surface area contributed by atoms with Crippen LogP contribution in [-0.2, 0) is 10.0 Å². The van der Waals surface area contributed by atoms with Gasteiger partial charge in [-0.15, -0.1) is 0 Å². The number of anilines is 1. The molecule has 1 fully saturated rings. The van der Waals surface area contributed by atoms with Crippen molar-refractivity contribution in [3.05, 3.63) is 18.5 Å². The van der Waals surface area contributed by atoms with Crippen LogP contribution >= 0.6 is 0 Å². The van der Waals surface area contributed by atoms with E-state index in [0.717, 1.165) is 12.8 Å². The van der Waals surface area contributed by atoms with Crippen LogP contribution in [0.25, 0.3) is 0 Å². The van der Waals surface area contributed by atoms with E-state index in [1.54, 1.807) is 6.07 Å². The minimum absolute atomic E-state index is 0.140. The molecular weight excluding hydrogens is 252 g/mol. The van der Waals surface area contributed by atoms with Crippen LogP contribution in [0, 0.1) is 5.92 Å². The monoisotopic (exact) mass is 270 g/mol. The topological polar surface area (TPSA) is 88.3 Å². The number of hydrogen-bond donors (Lipinski definition) is 2. The Morgan fingerprint density at radius 3 is 3.00 bits per heavy atom. The number of hydrazine groups is 1. The third-order valence-electron chi connectivity index (χ3n) is 3.18. The highest BCUT2D eigenvalue weighted by Gasteiger charge is 2.30. The first-order valence-corrected chi connectivity index (χ1v) is 7.40. The molecule has 6 nitrogen and oxygen atoms in total. The summed E-state index contributed by atoms with van der Waals surface area (Å²) in [6.45, 7) is 3.18. The number of piperidine rings is 1. The molecule has 7 heteroatoms. The Morgan fingerprint density at radius 2 is 2.33 bits per heavy atom. The van der Waals surface area contributed by atoms with Crippen LogP contribution in [-0.4, -0.2) is 30.8 Å². The van der Waals surface area contributed by atoms with Crippen LogP contribution in [0.4, 0.5) is 5.69 Å². The van der Waals surface area contributed by atoms with Crippen molar-refractivity contribution in [2.24, 2.45) is 11.8 Å². The fraction of sp³-hybridized carbons (Fsp3) is 0.545. The Labute approximate surface area is 107 Å². The lowest BCUT2D eigenvalue weighted by Crippen LogP contribution is -2.39. The number of nitrogens with two attached hydrogens (primary N) is 1. The van der Waals surface area contributed by atoms with Crippen molar-refractivity contribution >= 4 is 15.7 Å². The van der Waals surface area contributed by atoms with Crippen LogP contribution in [0.2, 0.25) is 0 Å². The van der Waals surface area contributed by atoms with E-state index in [2.05, 4.69) is 17.3 Å².